The fourth-order valence-corrected chi connectivity index (χ4v) is 2.86. The zero-order chi connectivity index (χ0) is 23.0. The van der Waals surface area contributed by atoms with Crippen molar-refractivity contribution in [2.75, 3.05) is 13.6 Å². The first-order chi connectivity index (χ1) is 14.6. The van der Waals surface area contributed by atoms with Crippen LogP contribution in [0.5, 0.6) is 5.75 Å². The predicted molar refractivity (Wildman–Crippen MR) is 116 cm³/mol. The third-order valence-corrected chi connectivity index (χ3v) is 4.31. The lowest BCUT2D eigenvalue weighted by molar-refractivity contribution is -0.138. The fourth-order valence-electron chi connectivity index (χ4n) is 2.86. The first-order valence-corrected chi connectivity index (χ1v) is 9.90. The molecule has 0 heterocycles. The van der Waals surface area contributed by atoms with Gasteiger partial charge < -0.3 is 25.4 Å². The molecule has 0 aliphatic rings. The van der Waals surface area contributed by atoms with Crippen LogP contribution in [0.2, 0.25) is 0 Å². The molecular formula is C23H29N3O5. The normalized spacial score (nSPS) is 11.9. The highest BCUT2D eigenvalue weighted by molar-refractivity contribution is 5.90. The van der Waals surface area contributed by atoms with Crippen LogP contribution < -0.4 is 10.6 Å². The number of hydrogen-bond acceptors (Lipinski definition) is 5. The van der Waals surface area contributed by atoms with Gasteiger partial charge in [-0.2, -0.15) is 0 Å². The van der Waals surface area contributed by atoms with E-state index in [1.54, 1.807) is 32.9 Å². The molecule has 0 fully saturated rings. The lowest BCUT2D eigenvalue weighted by Gasteiger charge is -2.28. The van der Waals surface area contributed by atoms with Gasteiger partial charge in [-0.1, -0.05) is 42.5 Å². The predicted octanol–water partition coefficient (Wildman–Crippen LogP) is 2.73. The minimum Gasteiger partial charge on any atom is -0.508 e. The van der Waals surface area contributed by atoms with Crippen molar-refractivity contribution in [2.45, 2.75) is 39.0 Å². The second-order valence-electron chi connectivity index (χ2n) is 8.06. The number of benzene rings is 2. The molecule has 0 bridgehead atoms. The topological polar surface area (TPSA) is 108 Å². The van der Waals surface area contributed by atoms with E-state index in [9.17, 15) is 19.5 Å². The Hall–Kier alpha value is -3.55. The molecule has 1 unspecified atom stereocenters. The van der Waals surface area contributed by atoms with E-state index >= 15 is 0 Å². The second-order valence-corrected chi connectivity index (χ2v) is 8.06. The molecule has 0 aliphatic heterocycles. The van der Waals surface area contributed by atoms with Crippen molar-refractivity contribution in [3.05, 3.63) is 65.7 Å². The number of hydrogen-bond donors (Lipinski definition) is 3. The Bertz CT molecular complexity index is 909. The molecule has 1 atom stereocenters. The highest BCUT2D eigenvalue weighted by Crippen LogP contribution is 2.23. The van der Waals surface area contributed by atoms with Crippen LogP contribution in [0, 0.1) is 0 Å². The Morgan fingerprint density at radius 2 is 1.71 bits per heavy atom. The van der Waals surface area contributed by atoms with Crippen LogP contribution in [-0.2, 0) is 20.9 Å². The number of nitrogens with zero attached hydrogens (tertiary/aromatic N) is 1. The van der Waals surface area contributed by atoms with E-state index in [4.69, 9.17) is 4.74 Å². The Balaban J connectivity index is 2.12. The van der Waals surface area contributed by atoms with E-state index in [2.05, 4.69) is 10.6 Å². The first-order valence-electron chi connectivity index (χ1n) is 9.90. The van der Waals surface area contributed by atoms with E-state index in [0.717, 1.165) is 5.56 Å². The molecule has 3 amide bonds. The molecule has 0 saturated heterocycles. The summed E-state index contributed by atoms with van der Waals surface area (Å²) in [5.41, 5.74) is 0.658. The number of rotatable bonds is 7. The summed E-state index contributed by atoms with van der Waals surface area (Å²) in [6.45, 7) is 5.10. The molecule has 8 nitrogen and oxygen atoms in total. The number of carbonyl (C=O) groups is 3. The smallest absolute Gasteiger partial charge is 0.408 e. The number of carbonyl (C=O) groups excluding carboxylic acids is 3. The van der Waals surface area contributed by atoms with Gasteiger partial charge in [-0.3, -0.25) is 9.59 Å². The van der Waals surface area contributed by atoms with Gasteiger partial charge in [-0.25, -0.2) is 4.79 Å². The van der Waals surface area contributed by atoms with Gasteiger partial charge >= 0.3 is 6.09 Å². The number of phenols is 1. The maximum Gasteiger partial charge on any atom is 0.408 e. The summed E-state index contributed by atoms with van der Waals surface area (Å²) < 4.78 is 5.13. The number of nitrogens with one attached hydrogen (secondary N) is 2. The Morgan fingerprint density at radius 1 is 1.03 bits per heavy atom. The van der Waals surface area contributed by atoms with Crippen LogP contribution in [-0.4, -0.2) is 47.1 Å². The van der Waals surface area contributed by atoms with Gasteiger partial charge in [-0.15, -0.1) is 0 Å². The van der Waals surface area contributed by atoms with E-state index in [-0.39, 0.29) is 18.8 Å². The number of aromatic hydroxyl groups is 1. The number of ether oxygens (including phenoxy) is 1. The van der Waals surface area contributed by atoms with Gasteiger partial charge in [0.15, 0.2) is 0 Å². The zero-order valence-electron chi connectivity index (χ0n) is 18.2. The summed E-state index contributed by atoms with van der Waals surface area (Å²) >= 11 is 0. The molecule has 2 aromatic carbocycles. The average Bonchev–Trinajstić information content (AvgIpc) is 2.70. The van der Waals surface area contributed by atoms with E-state index in [1.807, 2.05) is 30.3 Å². The lowest BCUT2D eigenvalue weighted by Crippen LogP contribution is -2.45. The standard InChI is InChI=1S/C23H29N3O5/c1-23(2,3)31-22(30)25-15-19(28)26(4)20(17-11-8-12-18(27)13-17)21(29)24-14-16-9-6-5-7-10-16/h5-13,20,27H,14-15H2,1-4H3,(H,24,29)(H,25,30). The molecule has 2 aromatic rings. The molecular weight excluding hydrogens is 398 g/mol. The SMILES string of the molecule is CN(C(=O)CNC(=O)OC(C)(C)C)C(C(=O)NCc1ccccc1)c1cccc(O)c1. The number of likely N-dealkylation sites (N-methyl/N-ethyl adjacent to an activating group) is 1. The highest BCUT2D eigenvalue weighted by Gasteiger charge is 2.29. The molecule has 0 aromatic heterocycles. The van der Waals surface area contributed by atoms with Crippen LogP contribution in [0.25, 0.3) is 0 Å². The van der Waals surface area contributed by atoms with E-state index < -0.39 is 29.6 Å². The largest absolute Gasteiger partial charge is 0.508 e. The van der Waals surface area contributed by atoms with Crippen molar-refractivity contribution in [1.29, 1.82) is 0 Å². The summed E-state index contributed by atoms with van der Waals surface area (Å²) in [5.74, 6) is -0.928. The molecule has 0 saturated carbocycles. The average molecular weight is 428 g/mol. The van der Waals surface area contributed by atoms with E-state index in [0.29, 0.717) is 5.56 Å². The Morgan fingerprint density at radius 3 is 2.32 bits per heavy atom. The molecule has 8 heteroatoms. The first kappa shape index (κ1) is 23.7. The lowest BCUT2D eigenvalue weighted by atomic mass is 10.0. The minimum atomic E-state index is -0.997. The molecule has 0 spiro atoms. The van der Waals surface area contributed by atoms with Crippen molar-refractivity contribution in [1.82, 2.24) is 15.5 Å². The van der Waals surface area contributed by atoms with Gasteiger partial charge in [0, 0.05) is 13.6 Å². The minimum absolute atomic E-state index is 0.0221. The summed E-state index contributed by atoms with van der Waals surface area (Å²) in [5, 5.41) is 15.1. The Kier molecular flexibility index (Phi) is 8.01. The quantitative estimate of drug-likeness (QED) is 0.630. The van der Waals surface area contributed by atoms with E-state index in [1.165, 1.54) is 24.1 Å². The van der Waals surface area contributed by atoms with Gasteiger partial charge in [-0.05, 0) is 44.0 Å². The van der Waals surface area contributed by atoms with Crippen LogP contribution >= 0.6 is 0 Å². The molecule has 31 heavy (non-hydrogen) atoms. The van der Waals surface area contributed by atoms with Gasteiger partial charge in [0.1, 0.15) is 23.9 Å². The molecule has 2 rings (SSSR count). The van der Waals surface area contributed by atoms with Crippen molar-refractivity contribution in [2.24, 2.45) is 0 Å². The molecule has 0 radical (unpaired) electrons. The molecule has 0 aliphatic carbocycles. The number of alkyl carbamates (subject to hydrolysis) is 1. The monoisotopic (exact) mass is 427 g/mol. The van der Waals surface area contributed by atoms with Crippen molar-refractivity contribution < 1.29 is 24.2 Å². The fraction of sp³-hybridized carbons (Fsp3) is 0.348. The van der Waals surface area contributed by atoms with Crippen molar-refractivity contribution in [3.8, 4) is 5.75 Å². The van der Waals surface area contributed by atoms with Crippen molar-refractivity contribution in [3.63, 3.8) is 0 Å². The summed E-state index contributed by atoms with van der Waals surface area (Å²) in [7, 11) is 1.47. The Labute approximate surface area is 182 Å². The van der Waals surface area contributed by atoms with Gasteiger partial charge in [0.2, 0.25) is 11.8 Å². The van der Waals surface area contributed by atoms with Gasteiger partial charge in [0.25, 0.3) is 0 Å². The zero-order valence-corrected chi connectivity index (χ0v) is 18.2. The van der Waals surface area contributed by atoms with Gasteiger partial charge in [0.05, 0.1) is 0 Å². The van der Waals surface area contributed by atoms with Crippen LogP contribution in [0.15, 0.2) is 54.6 Å². The maximum absolute atomic E-state index is 13.0. The van der Waals surface area contributed by atoms with Crippen LogP contribution in [0.4, 0.5) is 4.79 Å². The third kappa shape index (κ3) is 7.65. The third-order valence-electron chi connectivity index (χ3n) is 4.31. The molecule has 3 N–H and O–H groups in total. The van der Waals surface area contributed by atoms with Crippen LogP contribution in [0.1, 0.15) is 37.9 Å². The summed E-state index contributed by atoms with van der Waals surface area (Å²) in [4.78, 5) is 38.8. The summed E-state index contributed by atoms with van der Waals surface area (Å²) in [6.07, 6.45) is -0.725. The number of amides is 3. The van der Waals surface area contributed by atoms with Crippen LogP contribution in [0.3, 0.4) is 0 Å². The maximum atomic E-state index is 13.0. The van der Waals surface area contributed by atoms with Crippen molar-refractivity contribution >= 4 is 17.9 Å². The summed E-state index contributed by atoms with van der Waals surface area (Å²) in [6, 6.07) is 14.5. The number of phenolic OH excluding ortho intramolecular Hbond substituents is 1. The highest BCUT2D eigenvalue weighted by atomic mass is 16.6. The molecule has 166 valence electrons. The second kappa shape index (κ2) is 10.5.